The van der Waals surface area contributed by atoms with E-state index in [4.69, 9.17) is 4.42 Å². The van der Waals surface area contributed by atoms with Gasteiger partial charge in [-0.1, -0.05) is 36.4 Å². The van der Waals surface area contributed by atoms with Gasteiger partial charge < -0.3 is 9.52 Å². The Kier molecular flexibility index (Phi) is 4.33. The van der Waals surface area contributed by atoms with Gasteiger partial charge in [-0.05, 0) is 31.3 Å². The number of para-hydroxylation sites is 1. The molecule has 0 atom stereocenters. The second-order valence-corrected chi connectivity index (χ2v) is 6.19. The number of phenols is 1. The molecule has 0 saturated heterocycles. The summed E-state index contributed by atoms with van der Waals surface area (Å²) in [5.74, 6) is 1.26. The van der Waals surface area contributed by atoms with Crippen LogP contribution in [-0.4, -0.2) is 32.2 Å². The highest BCUT2D eigenvalue weighted by atomic mass is 16.4. The molecule has 0 saturated carbocycles. The van der Waals surface area contributed by atoms with Gasteiger partial charge in [0, 0.05) is 17.5 Å². The number of phenolic OH excluding ortho intramolecular Hbond substituents is 1. The normalized spacial score (nSPS) is 11.3. The standard InChI is InChI=1S/C20H18N4O2/c1-24(12-16-11-10-14-8-5-9-17(25)19(14)21-16)13-18-22-23-20(26-18)15-6-3-2-4-7-15/h2-11,25H,12-13H2,1H3. The van der Waals surface area contributed by atoms with Crippen molar-refractivity contribution in [3.05, 3.63) is 72.2 Å². The maximum absolute atomic E-state index is 9.97. The van der Waals surface area contributed by atoms with E-state index in [0.29, 0.717) is 30.4 Å². The Morgan fingerprint density at radius 3 is 2.62 bits per heavy atom. The topological polar surface area (TPSA) is 75.3 Å². The summed E-state index contributed by atoms with van der Waals surface area (Å²) in [5.41, 5.74) is 2.38. The van der Waals surface area contributed by atoms with Crippen molar-refractivity contribution in [3.63, 3.8) is 0 Å². The third-order valence-corrected chi connectivity index (χ3v) is 4.08. The predicted octanol–water partition coefficient (Wildman–Crippen LogP) is 3.62. The first-order chi connectivity index (χ1) is 12.7. The Hall–Kier alpha value is -3.25. The summed E-state index contributed by atoms with van der Waals surface area (Å²) >= 11 is 0. The van der Waals surface area contributed by atoms with Gasteiger partial charge in [0.05, 0.1) is 12.2 Å². The van der Waals surface area contributed by atoms with Crippen molar-refractivity contribution in [2.45, 2.75) is 13.1 Å². The number of aromatic nitrogens is 3. The van der Waals surface area contributed by atoms with E-state index < -0.39 is 0 Å². The average molecular weight is 346 g/mol. The van der Waals surface area contributed by atoms with Crippen LogP contribution >= 0.6 is 0 Å². The van der Waals surface area contributed by atoms with Crippen LogP contribution in [-0.2, 0) is 13.1 Å². The summed E-state index contributed by atoms with van der Waals surface area (Å²) in [5, 5.41) is 19.1. The first-order valence-corrected chi connectivity index (χ1v) is 8.33. The molecule has 2 aromatic heterocycles. The van der Waals surface area contributed by atoms with Crippen LogP contribution in [0.25, 0.3) is 22.4 Å². The lowest BCUT2D eigenvalue weighted by Gasteiger charge is -2.14. The fraction of sp³-hybridized carbons (Fsp3) is 0.150. The number of aromatic hydroxyl groups is 1. The van der Waals surface area contributed by atoms with Crippen molar-refractivity contribution in [2.75, 3.05) is 7.05 Å². The van der Waals surface area contributed by atoms with E-state index in [1.807, 2.05) is 66.5 Å². The molecule has 0 unspecified atom stereocenters. The van der Waals surface area contributed by atoms with Crippen LogP contribution in [0.5, 0.6) is 5.75 Å². The van der Waals surface area contributed by atoms with Crippen LogP contribution < -0.4 is 0 Å². The predicted molar refractivity (Wildman–Crippen MR) is 98.3 cm³/mol. The van der Waals surface area contributed by atoms with Crippen LogP contribution in [0.2, 0.25) is 0 Å². The maximum atomic E-state index is 9.97. The van der Waals surface area contributed by atoms with Crippen molar-refractivity contribution in [1.82, 2.24) is 20.1 Å². The molecule has 1 N–H and O–H groups in total. The van der Waals surface area contributed by atoms with Crippen LogP contribution in [0.1, 0.15) is 11.6 Å². The number of fused-ring (bicyclic) bond motifs is 1. The summed E-state index contributed by atoms with van der Waals surface area (Å²) in [7, 11) is 1.96. The molecule has 0 fully saturated rings. The Morgan fingerprint density at radius 2 is 1.77 bits per heavy atom. The SMILES string of the molecule is CN(Cc1ccc2cccc(O)c2n1)Cc1nnc(-c2ccccc2)o1. The molecule has 2 heterocycles. The minimum Gasteiger partial charge on any atom is -0.506 e. The fourth-order valence-corrected chi connectivity index (χ4v) is 2.84. The largest absolute Gasteiger partial charge is 0.506 e. The Labute approximate surface area is 150 Å². The molecule has 6 heteroatoms. The van der Waals surface area contributed by atoms with Crippen molar-refractivity contribution < 1.29 is 9.52 Å². The van der Waals surface area contributed by atoms with Gasteiger partial charge in [-0.3, -0.25) is 4.90 Å². The second-order valence-electron chi connectivity index (χ2n) is 6.19. The van der Waals surface area contributed by atoms with E-state index >= 15 is 0 Å². The zero-order chi connectivity index (χ0) is 17.9. The van der Waals surface area contributed by atoms with E-state index in [-0.39, 0.29) is 5.75 Å². The van der Waals surface area contributed by atoms with E-state index in [9.17, 15) is 5.11 Å². The molecule has 130 valence electrons. The van der Waals surface area contributed by atoms with E-state index in [2.05, 4.69) is 15.2 Å². The zero-order valence-electron chi connectivity index (χ0n) is 14.3. The van der Waals surface area contributed by atoms with E-state index in [1.165, 1.54) is 0 Å². The highest BCUT2D eigenvalue weighted by molar-refractivity contribution is 5.84. The molecular formula is C20H18N4O2. The third kappa shape index (κ3) is 3.41. The lowest BCUT2D eigenvalue weighted by molar-refractivity contribution is 0.280. The number of hydrogen-bond donors (Lipinski definition) is 1. The van der Waals surface area contributed by atoms with Crippen molar-refractivity contribution in [1.29, 1.82) is 0 Å². The monoisotopic (exact) mass is 346 g/mol. The number of nitrogens with zero attached hydrogens (tertiary/aromatic N) is 4. The number of pyridine rings is 1. The van der Waals surface area contributed by atoms with Gasteiger partial charge in [0.25, 0.3) is 0 Å². The fourth-order valence-electron chi connectivity index (χ4n) is 2.84. The molecule has 4 rings (SSSR count). The molecule has 0 spiro atoms. The first-order valence-electron chi connectivity index (χ1n) is 8.33. The zero-order valence-corrected chi connectivity index (χ0v) is 14.3. The molecule has 0 amide bonds. The maximum Gasteiger partial charge on any atom is 0.247 e. The number of hydrogen-bond acceptors (Lipinski definition) is 6. The molecule has 0 bridgehead atoms. The highest BCUT2D eigenvalue weighted by Gasteiger charge is 2.12. The number of rotatable bonds is 5. The van der Waals surface area contributed by atoms with E-state index in [1.54, 1.807) is 6.07 Å². The highest BCUT2D eigenvalue weighted by Crippen LogP contribution is 2.23. The minimum atomic E-state index is 0.191. The van der Waals surface area contributed by atoms with Crippen LogP contribution in [0.3, 0.4) is 0 Å². The summed E-state index contributed by atoms with van der Waals surface area (Å²) < 4.78 is 5.74. The molecule has 0 aliphatic rings. The van der Waals surface area contributed by atoms with Crippen molar-refractivity contribution in [2.24, 2.45) is 0 Å². The Balaban J connectivity index is 1.47. The van der Waals surface area contributed by atoms with Gasteiger partial charge in [0.2, 0.25) is 11.8 Å². The summed E-state index contributed by atoms with van der Waals surface area (Å²) in [6.07, 6.45) is 0. The lowest BCUT2D eigenvalue weighted by atomic mass is 10.2. The first kappa shape index (κ1) is 16.2. The Morgan fingerprint density at radius 1 is 0.923 bits per heavy atom. The molecule has 4 aromatic rings. The van der Waals surface area contributed by atoms with Crippen LogP contribution in [0.4, 0.5) is 0 Å². The van der Waals surface area contributed by atoms with Crippen LogP contribution in [0, 0.1) is 0 Å². The minimum absolute atomic E-state index is 0.191. The Bertz CT molecular complexity index is 1030. The average Bonchev–Trinajstić information content (AvgIpc) is 3.11. The smallest absolute Gasteiger partial charge is 0.247 e. The number of benzene rings is 2. The summed E-state index contributed by atoms with van der Waals surface area (Å²) in [4.78, 5) is 6.59. The van der Waals surface area contributed by atoms with Gasteiger partial charge in [0.1, 0.15) is 11.3 Å². The van der Waals surface area contributed by atoms with E-state index in [0.717, 1.165) is 16.6 Å². The van der Waals surface area contributed by atoms with Gasteiger partial charge in [0.15, 0.2) is 0 Å². The molecule has 6 nitrogen and oxygen atoms in total. The third-order valence-electron chi connectivity index (χ3n) is 4.08. The molecular weight excluding hydrogens is 328 g/mol. The summed E-state index contributed by atoms with van der Waals surface area (Å²) in [6, 6.07) is 19.0. The van der Waals surface area contributed by atoms with Crippen LogP contribution in [0.15, 0.2) is 65.1 Å². The quantitative estimate of drug-likeness (QED) is 0.595. The van der Waals surface area contributed by atoms with Crippen molar-refractivity contribution >= 4 is 10.9 Å². The molecule has 2 aromatic carbocycles. The van der Waals surface area contributed by atoms with Gasteiger partial charge in [-0.15, -0.1) is 10.2 Å². The molecule has 26 heavy (non-hydrogen) atoms. The molecule has 0 radical (unpaired) electrons. The lowest BCUT2D eigenvalue weighted by Crippen LogP contribution is -2.18. The van der Waals surface area contributed by atoms with Gasteiger partial charge in [-0.25, -0.2) is 4.98 Å². The van der Waals surface area contributed by atoms with Crippen molar-refractivity contribution in [3.8, 4) is 17.2 Å². The van der Waals surface area contributed by atoms with Gasteiger partial charge in [-0.2, -0.15) is 0 Å². The molecule has 0 aliphatic carbocycles. The van der Waals surface area contributed by atoms with Gasteiger partial charge >= 0.3 is 0 Å². The second kappa shape index (κ2) is 6.93. The molecule has 0 aliphatic heterocycles. The summed E-state index contributed by atoms with van der Waals surface area (Å²) in [6.45, 7) is 1.12.